The second kappa shape index (κ2) is 4.62. The molecular weight excluding hydrogens is 257 g/mol. The lowest BCUT2D eigenvalue weighted by Crippen LogP contribution is -2.30. The van der Waals surface area contributed by atoms with Gasteiger partial charge < -0.3 is 5.32 Å². The van der Waals surface area contributed by atoms with Crippen LogP contribution in [0.5, 0.6) is 0 Å². The fourth-order valence-corrected chi connectivity index (χ4v) is 2.77. The molecule has 1 nitrogen and oxygen atoms in total. The SMILES string of the molecule is CNC(c1ccc(F)cc1Br)C1CCC1. The Kier molecular flexibility index (Phi) is 3.42. The van der Waals surface area contributed by atoms with E-state index in [1.807, 2.05) is 13.1 Å². The molecule has 0 aliphatic heterocycles. The van der Waals surface area contributed by atoms with Crippen LogP contribution >= 0.6 is 15.9 Å². The maximum Gasteiger partial charge on any atom is 0.124 e. The van der Waals surface area contributed by atoms with Gasteiger partial charge >= 0.3 is 0 Å². The fraction of sp³-hybridized carbons (Fsp3) is 0.500. The van der Waals surface area contributed by atoms with Gasteiger partial charge in [0.2, 0.25) is 0 Å². The van der Waals surface area contributed by atoms with E-state index < -0.39 is 0 Å². The van der Waals surface area contributed by atoms with Crippen molar-refractivity contribution in [2.45, 2.75) is 25.3 Å². The van der Waals surface area contributed by atoms with E-state index in [0.29, 0.717) is 12.0 Å². The predicted octanol–water partition coefficient (Wildman–Crippen LogP) is 3.65. The molecule has 1 fully saturated rings. The summed E-state index contributed by atoms with van der Waals surface area (Å²) in [5, 5.41) is 3.33. The summed E-state index contributed by atoms with van der Waals surface area (Å²) < 4.78 is 13.8. The predicted molar refractivity (Wildman–Crippen MR) is 63.2 cm³/mol. The van der Waals surface area contributed by atoms with Crippen molar-refractivity contribution in [3.8, 4) is 0 Å². The lowest BCUT2D eigenvalue weighted by Gasteiger charge is -2.34. The minimum Gasteiger partial charge on any atom is -0.313 e. The van der Waals surface area contributed by atoms with E-state index in [9.17, 15) is 4.39 Å². The second-order valence-corrected chi connectivity index (χ2v) is 4.98. The summed E-state index contributed by atoms with van der Waals surface area (Å²) in [6, 6.07) is 5.30. The van der Waals surface area contributed by atoms with Gasteiger partial charge in [0.1, 0.15) is 5.82 Å². The molecule has 0 bridgehead atoms. The number of rotatable bonds is 3. The van der Waals surface area contributed by atoms with Crippen LogP contribution in [0, 0.1) is 11.7 Å². The molecule has 1 atom stereocenters. The molecule has 1 unspecified atom stereocenters. The molecule has 1 aliphatic carbocycles. The molecule has 1 saturated carbocycles. The van der Waals surface area contributed by atoms with Crippen molar-refractivity contribution in [3.63, 3.8) is 0 Å². The Labute approximate surface area is 98.2 Å². The molecule has 0 amide bonds. The van der Waals surface area contributed by atoms with Gasteiger partial charge in [0.15, 0.2) is 0 Å². The summed E-state index contributed by atoms with van der Waals surface area (Å²) >= 11 is 3.43. The molecular formula is C12H15BrFN. The molecule has 1 aliphatic rings. The molecule has 0 radical (unpaired) electrons. The van der Waals surface area contributed by atoms with Crippen LogP contribution in [0.3, 0.4) is 0 Å². The van der Waals surface area contributed by atoms with Crippen molar-refractivity contribution in [1.29, 1.82) is 0 Å². The first-order valence-corrected chi connectivity index (χ1v) is 6.14. The van der Waals surface area contributed by atoms with E-state index >= 15 is 0 Å². The zero-order valence-corrected chi connectivity index (χ0v) is 10.3. The first-order valence-electron chi connectivity index (χ1n) is 5.34. The topological polar surface area (TPSA) is 12.0 Å². The van der Waals surface area contributed by atoms with Crippen molar-refractivity contribution in [2.24, 2.45) is 5.92 Å². The third-order valence-electron chi connectivity index (χ3n) is 3.23. The van der Waals surface area contributed by atoms with Crippen LogP contribution in [0.4, 0.5) is 4.39 Å². The van der Waals surface area contributed by atoms with E-state index in [1.54, 1.807) is 6.07 Å². The normalized spacial score (nSPS) is 18.6. The maximum absolute atomic E-state index is 13.0. The van der Waals surface area contributed by atoms with Gasteiger partial charge in [-0.1, -0.05) is 28.4 Å². The average molecular weight is 272 g/mol. The maximum atomic E-state index is 13.0. The van der Waals surface area contributed by atoms with Crippen LogP contribution in [-0.2, 0) is 0 Å². The standard InChI is InChI=1S/C12H15BrFN/c1-15-12(8-3-2-4-8)10-6-5-9(14)7-11(10)13/h5-8,12,15H,2-4H2,1H3. The second-order valence-electron chi connectivity index (χ2n) is 4.12. The zero-order valence-electron chi connectivity index (χ0n) is 8.76. The number of benzene rings is 1. The van der Waals surface area contributed by atoms with Crippen molar-refractivity contribution in [1.82, 2.24) is 5.32 Å². The quantitative estimate of drug-likeness (QED) is 0.885. The van der Waals surface area contributed by atoms with Crippen LogP contribution in [0.1, 0.15) is 30.9 Å². The monoisotopic (exact) mass is 271 g/mol. The highest BCUT2D eigenvalue weighted by Gasteiger charge is 2.28. The van der Waals surface area contributed by atoms with Gasteiger partial charge in [0.05, 0.1) is 0 Å². The summed E-state index contributed by atoms with van der Waals surface area (Å²) in [6.45, 7) is 0. The number of hydrogen-bond acceptors (Lipinski definition) is 1. The molecule has 15 heavy (non-hydrogen) atoms. The van der Waals surface area contributed by atoms with Crippen LogP contribution in [0.15, 0.2) is 22.7 Å². The third kappa shape index (κ3) is 2.23. The molecule has 1 aromatic rings. The molecule has 0 saturated heterocycles. The molecule has 3 heteroatoms. The van der Waals surface area contributed by atoms with Gasteiger partial charge in [-0.3, -0.25) is 0 Å². The van der Waals surface area contributed by atoms with E-state index in [-0.39, 0.29) is 5.82 Å². The van der Waals surface area contributed by atoms with Crippen LogP contribution in [-0.4, -0.2) is 7.05 Å². The van der Waals surface area contributed by atoms with E-state index in [4.69, 9.17) is 0 Å². The molecule has 2 rings (SSSR count). The van der Waals surface area contributed by atoms with Gasteiger partial charge in [-0.15, -0.1) is 0 Å². The first kappa shape index (κ1) is 11.1. The summed E-state index contributed by atoms with van der Waals surface area (Å²) in [4.78, 5) is 0. The summed E-state index contributed by atoms with van der Waals surface area (Å²) in [7, 11) is 1.97. The van der Waals surface area contributed by atoms with E-state index in [1.165, 1.54) is 30.9 Å². The lowest BCUT2D eigenvalue weighted by molar-refractivity contribution is 0.239. The Balaban J connectivity index is 2.25. The van der Waals surface area contributed by atoms with Gasteiger partial charge in [-0.05, 0) is 43.5 Å². The molecule has 82 valence electrons. The first-order chi connectivity index (χ1) is 7.22. The Morgan fingerprint density at radius 1 is 1.47 bits per heavy atom. The fourth-order valence-electron chi connectivity index (χ4n) is 2.17. The minimum atomic E-state index is -0.186. The lowest BCUT2D eigenvalue weighted by atomic mass is 9.77. The Bertz CT molecular complexity index is 349. The van der Waals surface area contributed by atoms with Crippen LogP contribution < -0.4 is 5.32 Å². The van der Waals surface area contributed by atoms with Crippen LogP contribution in [0.25, 0.3) is 0 Å². The van der Waals surface area contributed by atoms with Crippen molar-refractivity contribution in [3.05, 3.63) is 34.1 Å². The van der Waals surface area contributed by atoms with E-state index in [2.05, 4.69) is 21.2 Å². The Hall–Kier alpha value is -0.410. The number of halogens is 2. The molecule has 0 heterocycles. The van der Waals surface area contributed by atoms with Crippen molar-refractivity contribution in [2.75, 3.05) is 7.05 Å². The van der Waals surface area contributed by atoms with Crippen LogP contribution in [0.2, 0.25) is 0 Å². The zero-order chi connectivity index (χ0) is 10.8. The smallest absolute Gasteiger partial charge is 0.124 e. The van der Waals surface area contributed by atoms with Gasteiger partial charge in [-0.25, -0.2) is 4.39 Å². The summed E-state index contributed by atoms with van der Waals surface area (Å²) in [5.74, 6) is 0.519. The molecule has 0 aromatic heterocycles. The molecule has 1 N–H and O–H groups in total. The number of nitrogens with one attached hydrogen (secondary N) is 1. The molecule has 1 aromatic carbocycles. The Morgan fingerprint density at radius 2 is 2.20 bits per heavy atom. The largest absolute Gasteiger partial charge is 0.313 e. The van der Waals surface area contributed by atoms with E-state index in [0.717, 1.165) is 4.47 Å². The highest BCUT2D eigenvalue weighted by atomic mass is 79.9. The highest BCUT2D eigenvalue weighted by Crippen LogP contribution is 2.39. The third-order valence-corrected chi connectivity index (χ3v) is 3.92. The highest BCUT2D eigenvalue weighted by molar-refractivity contribution is 9.10. The number of hydrogen-bond donors (Lipinski definition) is 1. The minimum absolute atomic E-state index is 0.186. The van der Waals surface area contributed by atoms with Gasteiger partial charge in [-0.2, -0.15) is 0 Å². The molecule has 0 spiro atoms. The Morgan fingerprint density at radius 3 is 2.67 bits per heavy atom. The van der Waals surface area contributed by atoms with Crippen molar-refractivity contribution >= 4 is 15.9 Å². The van der Waals surface area contributed by atoms with Gasteiger partial charge in [0, 0.05) is 10.5 Å². The summed E-state index contributed by atoms with van der Waals surface area (Å²) in [6.07, 6.45) is 3.87. The summed E-state index contributed by atoms with van der Waals surface area (Å²) in [5.41, 5.74) is 1.17. The van der Waals surface area contributed by atoms with Crippen molar-refractivity contribution < 1.29 is 4.39 Å². The van der Waals surface area contributed by atoms with Gasteiger partial charge in [0.25, 0.3) is 0 Å². The average Bonchev–Trinajstić information content (AvgIpc) is 2.12.